The Labute approximate surface area is 95.0 Å². The molecule has 0 saturated carbocycles. The molecule has 1 aliphatic carbocycles. The van der Waals surface area contributed by atoms with Crippen molar-refractivity contribution in [2.45, 2.75) is 31.8 Å². The minimum atomic E-state index is -0.332. The van der Waals surface area contributed by atoms with Crippen molar-refractivity contribution in [3.63, 3.8) is 0 Å². The molecular weight excluding hydrogens is 204 g/mol. The van der Waals surface area contributed by atoms with Gasteiger partial charge in [-0.25, -0.2) is 0 Å². The smallest absolute Gasteiger partial charge is 0.161 e. The average Bonchev–Trinajstić information content (AvgIpc) is 2.52. The van der Waals surface area contributed by atoms with Gasteiger partial charge in [0.05, 0.1) is 19.3 Å². The normalized spacial score (nSPS) is 23.4. The number of rotatable bonds is 0. The molecule has 0 aromatic heterocycles. The largest absolute Gasteiger partial charge is 0.490 e. The van der Waals surface area contributed by atoms with Crippen molar-refractivity contribution >= 4 is 0 Å². The summed E-state index contributed by atoms with van der Waals surface area (Å²) in [6.45, 7) is 1.41. The molecule has 0 bridgehead atoms. The van der Waals surface area contributed by atoms with Crippen molar-refractivity contribution in [2.24, 2.45) is 0 Å². The van der Waals surface area contributed by atoms with Gasteiger partial charge in [-0.15, -0.1) is 0 Å². The second kappa shape index (κ2) is 3.98. The molecule has 16 heavy (non-hydrogen) atoms. The van der Waals surface area contributed by atoms with Crippen molar-refractivity contribution in [2.75, 3.05) is 13.2 Å². The minimum Gasteiger partial charge on any atom is -0.490 e. The Bertz CT molecular complexity index is 400. The van der Waals surface area contributed by atoms with Crippen LogP contribution in [0.2, 0.25) is 0 Å². The molecule has 0 radical (unpaired) electrons. The van der Waals surface area contributed by atoms with E-state index >= 15 is 0 Å². The van der Waals surface area contributed by atoms with Crippen LogP contribution in [0.3, 0.4) is 0 Å². The van der Waals surface area contributed by atoms with Gasteiger partial charge in [-0.2, -0.15) is 0 Å². The number of hydrogen-bond donors (Lipinski definition) is 1. The molecule has 1 atom stereocenters. The van der Waals surface area contributed by atoms with Crippen LogP contribution < -0.4 is 9.47 Å². The summed E-state index contributed by atoms with van der Waals surface area (Å²) in [5.41, 5.74) is 2.23. The van der Waals surface area contributed by atoms with E-state index in [4.69, 9.17) is 9.47 Å². The van der Waals surface area contributed by atoms with Crippen LogP contribution in [0.5, 0.6) is 11.5 Å². The van der Waals surface area contributed by atoms with Gasteiger partial charge in [0.1, 0.15) is 0 Å². The Balaban J connectivity index is 2.05. The second-order valence-electron chi connectivity index (χ2n) is 4.46. The fraction of sp³-hybridized carbons (Fsp3) is 0.538. The molecule has 1 N–H and O–H groups in total. The Morgan fingerprint density at radius 3 is 2.62 bits per heavy atom. The molecule has 1 aromatic rings. The van der Waals surface area contributed by atoms with Crippen LogP contribution >= 0.6 is 0 Å². The van der Waals surface area contributed by atoms with Crippen molar-refractivity contribution in [1.82, 2.24) is 0 Å². The summed E-state index contributed by atoms with van der Waals surface area (Å²) in [6.07, 6.45) is 3.52. The molecule has 0 unspecified atom stereocenters. The van der Waals surface area contributed by atoms with Crippen LogP contribution in [-0.4, -0.2) is 18.3 Å². The molecule has 3 nitrogen and oxygen atoms in total. The highest BCUT2D eigenvalue weighted by Gasteiger charge is 2.22. The van der Waals surface area contributed by atoms with Crippen LogP contribution in [0.25, 0.3) is 0 Å². The first-order valence-corrected chi connectivity index (χ1v) is 5.95. The highest BCUT2D eigenvalue weighted by Crippen LogP contribution is 2.39. The summed E-state index contributed by atoms with van der Waals surface area (Å²) in [6, 6.07) is 4.00. The van der Waals surface area contributed by atoms with Gasteiger partial charge >= 0.3 is 0 Å². The van der Waals surface area contributed by atoms with Crippen molar-refractivity contribution in [3.05, 3.63) is 23.3 Å². The molecule has 0 spiro atoms. The lowest BCUT2D eigenvalue weighted by Crippen LogP contribution is -2.09. The molecule has 1 aliphatic heterocycles. The van der Waals surface area contributed by atoms with E-state index in [0.717, 1.165) is 42.7 Å². The van der Waals surface area contributed by atoms with E-state index < -0.39 is 0 Å². The summed E-state index contributed by atoms with van der Waals surface area (Å²) in [4.78, 5) is 0. The zero-order valence-electron chi connectivity index (χ0n) is 9.24. The number of ether oxygens (including phenoxy) is 2. The number of aryl methyl sites for hydroxylation is 1. The maximum Gasteiger partial charge on any atom is 0.161 e. The molecule has 1 aromatic carbocycles. The standard InChI is InChI=1S/C13H16O3/c14-11-4-1-3-9-7-12-13(8-10(9)11)16-6-2-5-15-12/h7-8,11,14H,1-6H2/t11-/m1/s1. The fourth-order valence-corrected chi connectivity index (χ4v) is 2.43. The van der Waals surface area contributed by atoms with E-state index in [1.54, 1.807) is 0 Å². The summed E-state index contributed by atoms with van der Waals surface area (Å²) in [5.74, 6) is 1.63. The zero-order chi connectivity index (χ0) is 11.0. The Kier molecular flexibility index (Phi) is 2.48. The average molecular weight is 220 g/mol. The van der Waals surface area contributed by atoms with Crippen LogP contribution in [-0.2, 0) is 6.42 Å². The lowest BCUT2D eigenvalue weighted by atomic mass is 9.89. The van der Waals surface area contributed by atoms with Gasteiger partial charge in [0.2, 0.25) is 0 Å². The molecule has 86 valence electrons. The van der Waals surface area contributed by atoms with E-state index in [1.807, 2.05) is 12.1 Å². The number of hydrogen-bond acceptors (Lipinski definition) is 3. The van der Waals surface area contributed by atoms with Crippen LogP contribution in [0.15, 0.2) is 12.1 Å². The first-order valence-electron chi connectivity index (χ1n) is 5.95. The zero-order valence-corrected chi connectivity index (χ0v) is 9.24. The second-order valence-corrected chi connectivity index (χ2v) is 4.46. The topological polar surface area (TPSA) is 38.7 Å². The summed E-state index contributed by atoms with van der Waals surface area (Å²) in [5, 5.41) is 9.94. The minimum absolute atomic E-state index is 0.332. The molecule has 0 fully saturated rings. The van der Waals surface area contributed by atoms with Crippen LogP contribution in [0.4, 0.5) is 0 Å². The van der Waals surface area contributed by atoms with Gasteiger partial charge in [0.15, 0.2) is 11.5 Å². The molecule has 0 amide bonds. The van der Waals surface area contributed by atoms with Crippen LogP contribution in [0, 0.1) is 0 Å². The quantitative estimate of drug-likeness (QED) is 0.728. The third kappa shape index (κ3) is 1.65. The van der Waals surface area contributed by atoms with Gasteiger partial charge < -0.3 is 14.6 Å². The molecule has 3 rings (SSSR count). The predicted octanol–water partition coefficient (Wildman–Crippen LogP) is 2.22. The third-order valence-electron chi connectivity index (χ3n) is 3.29. The first-order chi connectivity index (χ1) is 7.84. The molecule has 0 saturated heterocycles. The van der Waals surface area contributed by atoms with E-state index in [0.29, 0.717) is 13.2 Å². The van der Waals surface area contributed by atoms with E-state index in [-0.39, 0.29) is 6.10 Å². The van der Waals surface area contributed by atoms with Gasteiger partial charge in [-0.3, -0.25) is 0 Å². The number of fused-ring (bicyclic) bond motifs is 2. The van der Waals surface area contributed by atoms with Crippen molar-refractivity contribution < 1.29 is 14.6 Å². The molecule has 1 heterocycles. The lowest BCUT2D eigenvalue weighted by Gasteiger charge is -2.22. The SMILES string of the molecule is O[C@@H]1CCCc2cc3c(cc21)OCCCO3. The Hall–Kier alpha value is -1.22. The van der Waals surface area contributed by atoms with Crippen molar-refractivity contribution in [3.8, 4) is 11.5 Å². The Morgan fingerprint density at radius 1 is 1.06 bits per heavy atom. The number of aliphatic hydroxyl groups is 1. The van der Waals surface area contributed by atoms with Gasteiger partial charge in [0, 0.05) is 6.42 Å². The van der Waals surface area contributed by atoms with E-state index in [2.05, 4.69) is 0 Å². The number of benzene rings is 1. The van der Waals surface area contributed by atoms with Crippen molar-refractivity contribution in [1.29, 1.82) is 0 Å². The molecule has 3 heteroatoms. The van der Waals surface area contributed by atoms with E-state index in [1.165, 1.54) is 5.56 Å². The lowest BCUT2D eigenvalue weighted by molar-refractivity contribution is 0.156. The predicted molar refractivity (Wildman–Crippen MR) is 59.9 cm³/mol. The maximum atomic E-state index is 9.94. The van der Waals surface area contributed by atoms with Gasteiger partial charge in [-0.1, -0.05) is 0 Å². The summed E-state index contributed by atoms with van der Waals surface area (Å²) < 4.78 is 11.3. The monoisotopic (exact) mass is 220 g/mol. The molecule has 2 aliphatic rings. The highest BCUT2D eigenvalue weighted by atomic mass is 16.5. The maximum absolute atomic E-state index is 9.94. The van der Waals surface area contributed by atoms with Gasteiger partial charge in [0.25, 0.3) is 0 Å². The highest BCUT2D eigenvalue weighted by molar-refractivity contribution is 5.49. The third-order valence-corrected chi connectivity index (χ3v) is 3.29. The first kappa shape index (κ1) is 9.97. The van der Waals surface area contributed by atoms with Gasteiger partial charge in [-0.05, 0) is 42.5 Å². The fourth-order valence-electron chi connectivity index (χ4n) is 2.43. The summed E-state index contributed by atoms with van der Waals surface area (Å²) in [7, 11) is 0. The Morgan fingerprint density at radius 2 is 1.81 bits per heavy atom. The molecular formula is C13H16O3. The summed E-state index contributed by atoms with van der Waals surface area (Å²) >= 11 is 0. The van der Waals surface area contributed by atoms with Crippen LogP contribution in [0.1, 0.15) is 36.5 Å². The number of aliphatic hydroxyl groups excluding tert-OH is 1. The van der Waals surface area contributed by atoms with E-state index in [9.17, 15) is 5.11 Å².